The number of nitrogens with one attached hydrogen (secondary N) is 1. The molecular weight excluding hydrogens is 313 g/mol. The number of benzene rings is 2. The molecule has 0 saturated carbocycles. The molecule has 2 aromatic carbocycles. The van der Waals surface area contributed by atoms with E-state index < -0.39 is 11.7 Å². The Morgan fingerprint density at radius 2 is 2.00 bits per heavy atom. The van der Waals surface area contributed by atoms with E-state index >= 15 is 0 Å². The van der Waals surface area contributed by atoms with Crippen molar-refractivity contribution < 1.29 is 14.3 Å². The Balaban J connectivity index is 2.23. The summed E-state index contributed by atoms with van der Waals surface area (Å²) in [5.74, 6) is -1.53. The molecule has 0 spiro atoms. The van der Waals surface area contributed by atoms with Crippen molar-refractivity contribution in [1.82, 2.24) is 0 Å². The average molecular weight is 324 g/mol. The van der Waals surface area contributed by atoms with Gasteiger partial charge in [0.2, 0.25) is 0 Å². The summed E-state index contributed by atoms with van der Waals surface area (Å²) in [5.41, 5.74) is 1.43. The standard InChI is InChI=1S/C14H11BrFNO2/c1-8-6-9(2-5-12(8)15)17-14(19)11-4-3-10(18)7-13(11)16/h2-7,18H,1H3,(H,17,19). The van der Waals surface area contributed by atoms with Gasteiger partial charge in [-0.25, -0.2) is 4.39 Å². The highest BCUT2D eigenvalue weighted by Gasteiger charge is 2.12. The van der Waals surface area contributed by atoms with Gasteiger partial charge in [-0.15, -0.1) is 0 Å². The van der Waals surface area contributed by atoms with Crippen LogP contribution in [0.5, 0.6) is 5.75 Å². The van der Waals surface area contributed by atoms with E-state index in [1.165, 1.54) is 12.1 Å². The molecule has 5 heteroatoms. The van der Waals surface area contributed by atoms with Gasteiger partial charge in [-0.05, 0) is 42.8 Å². The van der Waals surface area contributed by atoms with Crippen LogP contribution in [0.15, 0.2) is 40.9 Å². The molecule has 0 bridgehead atoms. The van der Waals surface area contributed by atoms with E-state index in [9.17, 15) is 9.18 Å². The van der Waals surface area contributed by atoms with Crippen LogP contribution in [0.4, 0.5) is 10.1 Å². The summed E-state index contributed by atoms with van der Waals surface area (Å²) in [5, 5.41) is 11.7. The summed E-state index contributed by atoms with van der Waals surface area (Å²) < 4.78 is 14.5. The third-order valence-electron chi connectivity index (χ3n) is 2.61. The molecule has 3 nitrogen and oxygen atoms in total. The van der Waals surface area contributed by atoms with Crippen LogP contribution in [0.2, 0.25) is 0 Å². The maximum atomic E-state index is 13.5. The quantitative estimate of drug-likeness (QED) is 0.881. The van der Waals surface area contributed by atoms with Crippen molar-refractivity contribution in [2.45, 2.75) is 6.92 Å². The van der Waals surface area contributed by atoms with Crippen LogP contribution in [-0.2, 0) is 0 Å². The fourth-order valence-corrected chi connectivity index (χ4v) is 1.86. The zero-order chi connectivity index (χ0) is 14.0. The number of carbonyl (C=O) groups is 1. The maximum Gasteiger partial charge on any atom is 0.258 e. The van der Waals surface area contributed by atoms with Gasteiger partial charge in [0, 0.05) is 16.2 Å². The summed E-state index contributed by atoms with van der Waals surface area (Å²) in [4.78, 5) is 11.9. The van der Waals surface area contributed by atoms with Gasteiger partial charge in [0.05, 0.1) is 5.56 Å². The molecule has 19 heavy (non-hydrogen) atoms. The first kappa shape index (κ1) is 13.5. The molecule has 0 atom stereocenters. The molecule has 2 rings (SSSR count). The predicted octanol–water partition coefficient (Wildman–Crippen LogP) is 3.85. The molecule has 2 N–H and O–H groups in total. The molecule has 0 fully saturated rings. The largest absolute Gasteiger partial charge is 0.508 e. The van der Waals surface area contributed by atoms with Gasteiger partial charge in [-0.2, -0.15) is 0 Å². The fraction of sp³-hybridized carbons (Fsp3) is 0.0714. The van der Waals surface area contributed by atoms with Gasteiger partial charge >= 0.3 is 0 Å². The lowest BCUT2D eigenvalue weighted by Gasteiger charge is -2.08. The van der Waals surface area contributed by atoms with Gasteiger partial charge in [-0.3, -0.25) is 4.79 Å². The van der Waals surface area contributed by atoms with Crippen molar-refractivity contribution >= 4 is 27.5 Å². The van der Waals surface area contributed by atoms with E-state index in [-0.39, 0.29) is 11.3 Å². The first-order valence-electron chi connectivity index (χ1n) is 5.53. The van der Waals surface area contributed by atoms with E-state index in [1.54, 1.807) is 18.2 Å². The second-order valence-electron chi connectivity index (χ2n) is 4.08. The lowest BCUT2D eigenvalue weighted by molar-refractivity contribution is 0.102. The highest BCUT2D eigenvalue weighted by Crippen LogP contribution is 2.21. The fourth-order valence-electron chi connectivity index (χ4n) is 1.61. The first-order chi connectivity index (χ1) is 8.97. The van der Waals surface area contributed by atoms with Crippen LogP contribution in [0, 0.1) is 12.7 Å². The van der Waals surface area contributed by atoms with E-state index in [0.29, 0.717) is 5.69 Å². The monoisotopic (exact) mass is 323 g/mol. The maximum absolute atomic E-state index is 13.5. The van der Waals surface area contributed by atoms with E-state index in [4.69, 9.17) is 5.11 Å². The third kappa shape index (κ3) is 3.12. The summed E-state index contributed by atoms with van der Waals surface area (Å²) in [6.45, 7) is 1.89. The molecule has 2 aromatic rings. The van der Waals surface area contributed by atoms with Crippen LogP contribution >= 0.6 is 15.9 Å². The number of aryl methyl sites for hydroxylation is 1. The SMILES string of the molecule is Cc1cc(NC(=O)c2ccc(O)cc2F)ccc1Br. The highest BCUT2D eigenvalue weighted by molar-refractivity contribution is 9.10. The van der Waals surface area contributed by atoms with Crippen LogP contribution in [0.1, 0.15) is 15.9 Å². The lowest BCUT2D eigenvalue weighted by atomic mass is 10.1. The molecule has 0 saturated heterocycles. The number of anilines is 1. The second kappa shape index (κ2) is 5.40. The number of phenolic OH excluding ortho intramolecular Hbond substituents is 1. The Morgan fingerprint density at radius 3 is 2.63 bits per heavy atom. The minimum Gasteiger partial charge on any atom is -0.508 e. The van der Waals surface area contributed by atoms with Gasteiger partial charge in [0.15, 0.2) is 0 Å². The van der Waals surface area contributed by atoms with Gasteiger partial charge in [0.25, 0.3) is 5.91 Å². The number of aromatic hydroxyl groups is 1. The Labute approximate surface area is 118 Å². The highest BCUT2D eigenvalue weighted by atomic mass is 79.9. The molecule has 98 valence electrons. The molecular formula is C14H11BrFNO2. The number of hydrogen-bond acceptors (Lipinski definition) is 2. The van der Waals surface area contributed by atoms with Gasteiger partial charge < -0.3 is 10.4 Å². The minimum absolute atomic E-state index is 0.113. The van der Waals surface area contributed by atoms with Crippen molar-refractivity contribution in [2.75, 3.05) is 5.32 Å². The van der Waals surface area contributed by atoms with E-state index in [2.05, 4.69) is 21.2 Å². The lowest BCUT2D eigenvalue weighted by Crippen LogP contribution is -2.13. The molecule has 0 heterocycles. The predicted molar refractivity (Wildman–Crippen MR) is 74.9 cm³/mol. The first-order valence-corrected chi connectivity index (χ1v) is 6.32. The molecule has 0 radical (unpaired) electrons. The topological polar surface area (TPSA) is 49.3 Å². The third-order valence-corrected chi connectivity index (χ3v) is 3.50. The van der Waals surface area contributed by atoms with Crippen molar-refractivity contribution in [2.24, 2.45) is 0 Å². The molecule has 0 unspecified atom stereocenters. The smallest absolute Gasteiger partial charge is 0.258 e. The zero-order valence-electron chi connectivity index (χ0n) is 10.1. The Morgan fingerprint density at radius 1 is 1.26 bits per heavy atom. The Bertz CT molecular complexity index is 643. The van der Waals surface area contributed by atoms with E-state index in [0.717, 1.165) is 16.1 Å². The number of rotatable bonds is 2. The van der Waals surface area contributed by atoms with Crippen molar-refractivity contribution in [3.8, 4) is 5.75 Å². The van der Waals surface area contributed by atoms with Crippen molar-refractivity contribution in [1.29, 1.82) is 0 Å². The van der Waals surface area contributed by atoms with Crippen molar-refractivity contribution in [3.05, 3.63) is 57.8 Å². The molecule has 0 aliphatic heterocycles. The van der Waals surface area contributed by atoms with Crippen LogP contribution < -0.4 is 5.32 Å². The van der Waals surface area contributed by atoms with Crippen molar-refractivity contribution in [3.63, 3.8) is 0 Å². The summed E-state index contributed by atoms with van der Waals surface area (Å²) in [6, 6.07) is 8.71. The van der Waals surface area contributed by atoms with Crippen LogP contribution in [-0.4, -0.2) is 11.0 Å². The Hall–Kier alpha value is -1.88. The molecule has 0 aliphatic carbocycles. The average Bonchev–Trinajstić information content (AvgIpc) is 2.33. The zero-order valence-corrected chi connectivity index (χ0v) is 11.7. The van der Waals surface area contributed by atoms with Gasteiger partial charge in [-0.1, -0.05) is 15.9 Å². The minimum atomic E-state index is -0.758. The normalized spacial score (nSPS) is 10.3. The van der Waals surface area contributed by atoms with Crippen LogP contribution in [0.3, 0.4) is 0 Å². The molecule has 0 aromatic heterocycles. The second-order valence-corrected chi connectivity index (χ2v) is 4.94. The summed E-state index contributed by atoms with van der Waals surface area (Å²) in [7, 11) is 0. The number of halogens is 2. The Kier molecular flexibility index (Phi) is 3.85. The van der Waals surface area contributed by atoms with Crippen LogP contribution in [0.25, 0.3) is 0 Å². The van der Waals surface area contributed by atoms with E-state index in [1.807, 2.05) is 6.92 Å². The summed E-state index contributed by atoms with van der Waals surface area (Å²) in [6.07, 6.45) is 0. The van der Waals surface area contributed by atoms with Gasteiger partial charge in [0.1, 0.15) is 11.6 Å². The number of hydrogen-bond donors (Lipinski definition) is 2. The number of amides is 1. The number of carbonyl (C=O) groups excluding carboxylic acids is 1. The molecule has 0 aliphatic rings. The number of phenols is 1. The molecule has 1 amide bonds. The summed E-state index contributed by atoms with van der Waals surface area (Å²) >= 11 is 3.36.